The lowest BCUT2D eigenvalue weighted by molar-refractivity contribution is -0.0688. The van der Waals surface area contributed by atoms with Crippen LogP contribution >= 0.6 is 0 Å². The van der Waals surface area contributed by atoms with E-state index >= 15 is 0 Å². The van der Waals surface area contributed by atoms with Crippen molar-refractivity contribution in [3.63, 3.8) is 0 Å². The zero-order valence-electron chi connectivity index (χ0n) is 16.0. The van der Waals surface area contributed by atoms with E-state index in [1.54, 1.807) is 30.3 Å². The van der Waals surface area contributed by atoms with Crippen molar-refractivity contribution >= 4 is 23.4 Å². The molecule has 0 aliphatic rings. The molecule has 0 saturated heterocycles. The number of aromatic nitrogens is 2. The standard InChI is InChI=1S/C22H12F5N3O2/c23-15-8-6-13(10-16(15)24)18-20(29-22(27)32-21(25)26)28-17-9-7-14(11-30(17)18)19(31)12-4-2-1-3-5-12/h1-11,21H. The highest BCUT2D eigenvalue weighted by atomic mass is 19.3. The summed E-state index contributed by atoms with van der Waals surface area (Å²) in [6.07, 6.45) is -0.507. The van der Waals surface area contributed by atoms with Crippen molar-refractivity contribution in [2.24, 2.45) is 4.99 Å². The number of aliphatic imine (C=N–C) groups is 1. The summed E-state index contributed by atoms with van der Waals surface area (Å²) in [4.78, 5) is 20.2. The Kier molecular flexibility index (Phi) is 5.67. The van der Waals surface area contributed by atoms with Gasteiger partial charge in [-0.05, 0) is 30.3 Å². The Labute approximate surface area is 177 Å². The molecule has 0 N–H and O–H groups in total. The minimum absolute atomic E-state index is 0.0179. The summed E-state index contributed by atoms with van der Waals surface area (Å²) in [5, 5.41) is 0. The number of nitrogens with zero attached hydrogens (tertiary/aromatic N) is 3. The van der Waals surface area contributed by atoms with Crippen LogP contribution in [0.25, 0.3) is 16.9 Å². The molecule has 4 aromatic rings. The van der Waals surface area contributed by atoms with E-state index in [-0.39, 0.29) is 28.3 Å². The number of ether oxygens (including phenoxy) is 1. The molecule has 0 amide bonds. The van der Waals surface area contributed by atoms with E-state index in [4.69, 9.17) is 0 Å². The van der Waals surface area contributed by atoms with Crippen LogP contribution in [0.1, 0.15) is 15.9 Å². The van der Waals surface area contributed by atoms with Gasteiger partial charge in [0.15, 0.2) is 23.2 Å². The number of carbonyl (C=O) groups is 1. The normalized spacial score (nSPS) is 11.9. The van der Waals surface area contributed by atoms with Crippen molar-refractivity contribution in [2.75, 3.05) is 0 Å². The number of carbonyl (C=O) groups excluding carboxylic acids is 1. The van der Waals surface area contributed by atoms with Gasteiger partial charge in [0.25, 0.3) is 0 Å². The van der Waals surface area contributed by atoms with Gasteiger partial charge in [0.2, 0.25) is 0 Å². The molecule has 2 aromatic carbocycles. The molecular weight excluding hydrogens is 433 g/mol. The Balaban J connectivity index is 1.91. The fourth-order valence-corrected chi connectivity index (χ4v) is 3.10. The number of halogens is 5. The molecule has 0 aliphatic carbocycles. The largest absolute Gasteiger partial charge is 0.393 e. The van der Waals surface area contributed by atoms with Crippen LogP contribution in [0.2, 0.25) is 0 Å². The summed E-state index contributed by atoms with van der Waals surface area (Å²) in [6, 6.07) is 14.1. The Morgan fingerprint density at radius 3 is 2.41 bits per heavy atom. The molecule has 0 atom stereocenters. The van der Waals surface area contributed by atoms with Gasteiger partial charge in [-0.15, -0.1) is 4.39 Å². The molecule has 2 aromatic heterocycles. The molecule has 0 spiro atoms. The van der Waals surface area contributed by atoms with Gasteiger partial charge < -0.3 is 4.74 Å². The molecule has 0 aliphatic heterocycles. The van der Waals surface area contributed by atoms with Crippen LogP contribution in [-0.4, -0.2) is 27.9 Å². The number of hydrogen-bond acceptors (Lipinski definition) is 4. The van der Waals surface area contributed by atoms with Crippen LogP contribution in [0.15, 0.2) is 71.9 Å². The van der Waals surface area contributed by atoms with E-state index in [1.807, 2.05) is 0 Å². The minimum Gasteiger partial charge on any atom is -0.393 e. The van der Waals surface area contributed by atoms with Crippen LogP contribution in [-0.2, 0) is 4.74 Å². The number of hydrogen-bond donors (Lipinski definition) is 0. The van der Waals surface area contributed by atoms with Crippen LogP contribution in [0.4, 0.5) is 27.8 Å². The van der Waals surface area contributed by atoms with Gasteiger partial charge in [0, 0.05) is 22.9 Å². The summed E-state index contributed by atoms with van der Waals surface area (Å²) in [7, 11) is 0. The summed E-state index contributed by atoms with van der Waals surface area (Å²) < 4.78 is 70.6. The molecule has 2 heterocycles. The van der Waals surface area contributed by atoms with Crippen molar-refractivity contribution in [1.82, 2.24) is 9.38 Å². The molecule has 0 fully saturated rings. The zero-order valence-corrected chi connectivity index (χ0v) is 16.0. The first-order valence-corrected chi connectivity index (χ1v) is 9.10. The highest BCUT2D eigenvalue weighted by Gasteiger charge is 2.20. The second kappa shape index (κ2) is 8.58. The molecule has 0 bridgehead atoms. The second-order valence-corrected chi connectivity index (χ2v) is 6.50. The Morgan fingerprint density at radius 1 is 0.969 bits per heavy atom. The van der Waals surface area contributed by atoms with Gasteiger partial charge in [-0.1, -0.05) is 30.3 Å². The Bertz CT molecular complexity index is 1340. The third-order valence-corrected chi connectivity index (χ3v) is 4.47. The molecule has 32 heavy (non-hydrogen) atoms. The Morgan fingerprint density at radius 2 is 1.72 bits per heavy atom. The molecule has 5 nitrogen and oxygen atoms in total. The molecular formula is C22H12F5N3O2. The molecule has 10 heteroatoms. The van der Waals surface area contributed by atoms with E-state index in [0.717, 1.165) is 12.1 Å². The zero-order chi connectivity index (χ0) is 22.8. The van der Waals surface area contributed by atoms with Gasteiger partial charge in [-0.25, -0.2) is 13.8 Å². The summed E-state index contributed by atoms with van der Waals surface area (Å²) >= 11 is 0. The van der Waals surface area contributed by atoms with E-state index in [0.29, 0.717) is 5.56 Å². The highest BCUT2D eigenvalue weighted by molar-refractivity contribution is 6.09. The third-order valence-electron chi connectivity index (χ3n) is 4.47. The van der Waals surface area contributed by atoms with Crippen LogP contribution in [0.5, 0.6) is 0 Å². The smallest absolute Gasteiger partial charge is 0.390 e. The van der Waals surface area contributed by atoms with Gasteiger partial charge in [0.1, 0.15) is 5.65 Å². The number of rotatable bonds is 5. The van der Waals surface area contributed by atoms with Crippen molar-refractivity contribution < 1.29 is 31.5 Å². The van der Waals surface area contributed by atoms with E-state index in [2.05, 4.69) is 14.7 Å². The Hall–Kier alpha value is -4.08. The average Bonchev–Trinajstić information content (AvgIpc) is 3.12. The number of imidazole rings is 1. The second-order valence-electron chi connectivity index (χ2n) is 6.50. The predicted octanol–water partition coefficient (Wildman–Crippen LogP) is 5.71. The number of benzene rings is 2. The predicted molar refractivity (Wildman–Crippen MR) is 106 cm³/mol. The molecule has 0 radical (unpaired) electrons. The fraction of sp³-hybridized carbons (Fsp3) is 0.0455. The van der Waals surface area contributed by atoms with Crippen molar-refractivity contribution in [1.29, 1.82) is 0 Å². The van der Waals surface area contributed by atoms with E-state index in [9.17, 15) is 26.7 Å². The van der Waals surface area contributed by atoms with E-state index in [1.165, 1.54) is 28.8 Å². The minimum atomic E-state index is -3.46. The molecule has 162 valence electrons. The molecule has 4 rings (SSSR count). The maximum atomic E-state index is 13.9. The summed E-state index contributed by atoms with van der Waals surface area (Å²) in [6.45, 7) is -3.46. The number of fused-ring (bicyclic) bond motifs is 1. The van der Waals surface area contributed by atoms with Gasteiger partial charge >= 0.3 is 12.8 Å². The summed E-state index contributed by atoms with van der Waals surface area (Å²) in [5.41, 5.74) is 0.720. The van der Waals surface area contributed by atoms with Gasteiger partial charge in [-0.2, -0.15) is 13.8 Å². The van der Waals surface area contributed by atoms with Gasteiger partial charge in [0.05, 0.1) is 5.69 Å². The lowest BCUT2D eigenvalue weighted by Crippen LogP contribution is -2.04. The quantitative estimate of drug-likeness (QED) is 0.171. The first-order chi connectivity index (χ1) is 15.3. The SMILES string of the molecule is O=C(c1ccccc1)c1ccc2nc(N=C(F)OC(F)F)c(-c3ccc(F)c(F)c3)n2c1. The maximum Gasteiger partial charge on any atom is 0.390 e. The van der Waals surface area contributed by atoms with Crippen LogP contribution < -0.4 is 0 Å². The lowest BCUT2D eigenvalue weighted by Gasteiger charge is -2.07. The van der Waals surface area contributed by atoms with Gasteiger partial charge in [-0.3, -0.25) is 9.20 Å². The fourth-order valence-electron chi connectivity index (χ4n) is 3.10. The maximum absolute atomic E-state index is 13.9. The molecule has 0 saturated carbocycles. The lowest BCUT2D eigenvalue weighted by atomic mass is 10.1. The first-order valence-electron chi connectivity index (χ1n) is 9.10. The highest BCUT2D eigenvalue weighted by Crippen LogP contribution is 2.33. The average molecular weight is 445 g/mol. The topological polar surface area (TPSA) is 56.0 Å². The first kappa shape index (κ1) is 21.2. The number of pyridine rings is 1. The van der Waals surface area contributed by atoms with E-state index < -0.39 is 30.2 Å². The number of ketones is 1. The van der Waals surface area contributed by atoms with Crippen LogP contribution in [0, 0.1) is 11.6 Å². The summed E-state index contributed by atoms with van der Waals surface area (Å²) in [5.74, 6) is -3.10. The molecule has 0 unspecified atom stereocenters. The third kappa shape index (κ3) is 4.20. The van der Waals surface area contributed by atoms with Crippen molar-refractivity contribution in [3.8, 4) is 11.3 Å². The monoisotopic (exact) mass is 445 g/mol. The van der Waals surface area contributed by atoms with Crippen molar-refractivity contribution in [3.05, 3.63) is 89.6 Å². The van der Waals surface area contributed by atoms with Crippen molar-refractivity contribution in [2.45, 2.75) is 6.61 Å². The number of alkyl halides is 2. The van der Waals surface area contributed by atoms with Crippen LogP contribution in [0.3, 0.4) is 0 Å².